The molecule has 3 heterocycles. The number of hydrogen-bond acceptors (Lipinski definition) is 3. The quantitative estimate of drug-likeness (QED) is 0.790. The summed E-state index contributed by atoms with van der Waals surface area (Å²) in [4.78, 5) is 20.7. The summed E-state index contributed by atoms with van der Waals surface area (Å²) in [7, 11) is 0. The Kier molecular flexibility index (Phi) is 3.16. The number of carbonyl (C=O) groups excluding carboxylic acids is 1. The number of hydrogen-bond donors (Lipinski definition) is 1. The first-order valence-corrected chi connectivity index (χ1v) is 6.39. The monoisotopic (exact) mass is 266 g/mol. The van der Waals surface area contributed by atoms with Crippen molar-refractivity contribution in [3.63, 3.8) is 0 Å². The van der Waals surface area contributed by atoms with Gasteiger partial charge in [-0.3, -0.25) is 9.78 Å². The van der Waals surface area contributed by atoms with Crippen molar-refractivity contribution < 1.29 is 4.79 Å². The highest BCUT2D eigenvalue weighted by atomic mass is 16.2. The fraction of sp³-hybridized carbons (Fsp3) is 0.133. The van der Waals surface area contributed by atoms with Crippen molar-refractivity contribution in [1.29, 1.82) is 0 Å². The van der Waals surface area contributed by atoms with E-state index in [1.807, 2.05) is 53.9 Å². The highest BCUT2D eigenvalue weighted by molar-refractivity contribution is 5.93. The molecule has 0 bridgehead atoms. The number of imidazole rings is 1. The molecule has 1 amide bonds. The predicted octanol–water partition coefficient (Wildman–Crippen LogP) is 2.22. The minimum atomic E-state index is -0.202. The maximum absolute atomic E-state index is 12.2. The zero-order valence-corrected chi connectivity index (χ0v) is 11.0. The van der Waals surface area contributed by atoms with Crippen LogP contribution < -0.4 is 5.32 Å². The van der Waals surface area contributed by atoms with Gasteiger partial charge in [0.05, 0.1) is 11.7 Å². The Balaban J connectivity index is 1.79. The van der Waals surface area contributed by atoms with Crippen LogP contribution in [0.3, 0.4) is 0 Å². The molecule has 0 saturated carbocycles. The molecule has 0 aliphatic carbocycles. The Morgan fingerprint density at radius 3 is 2.85 bits per heavy atom. The zero-order chi connectivity index (χ0) is 13.9. The Bertz CT molecular complexity index is 703. The Morgan fingerprint density at radius 2 is 2.10 bits per heavy atom. The van der Waals surface area contributed by atoms with Crippen LogP contribution in [-0.2, 0) is 0 Å². The van der Waals surface area contributed by atoms with Crippen LogP contribution in [-0.4, -0.2) is 20.3 Å². The first-order valence-electron chi connectivity index (χ1n) is 6.39. The Morgan fingerprint density at radius 1 is 1.25 bits per heavy atom. The van der Waals surface area contributed by atoms with Gasteiger partial charge in [0.2, 0.25) is 0 Å². The van der Waals surface area contributed by atoms with Gasteiger partial charge < -0.3 is 9.72 Å². The van der Waals surface area contributed by atoms with E-state index in [2.05, 4.69) is 15.3 Å². The number of amides is 1. The van der Waals surface area contributed by atoms with Gasteiger partial charge in [0, 0.05) is 18.6 Å². The van der Waals surface area contributed by atoms with Crippen LogP contribution in [0.1, 0.15) is 29.1 Å². The molecule has 20 heavy (non-hydrogen) atoms. The molecule has 0 radical (unpaired) electrons. The topological polar surface area (TPSA) is 59.3 Å². The summed E-state index contributed by atoms with van der Waals surface area (Å²) in [6.07, 6.45) is 5.29. The Labute approximate surface area is 116 Å². The van der Waals surface area contributed by atoms with Crippen molar-refractivity contribution in [3.05, 3.63) is 66.4 Å². The standard InChI is InChI=1S/C15H14N4O/c1-11(12-6-2-4-8-16-12)17-15(20)13-10-19-9-5-3-7-14(19)18-13/h2-11H,1H3,(H,17,20)/t11-/m1/s1. The average molecular weight is 266 g/mol. The van der Waals surface area contributed by atoms with Crippen LogP contribution in [0.5, 0.6) is 0 Å². The van der Waals surface area contributed by atoms with E-state index in [1.165, 1.54) is 0 Å². The van der Waals surface area contributed by atoms with E-state index in [-0.39, 0.29) is 11.9 Å². The highest BCUT2D eigenvalue weighted by Gasteiger charge is 2.14. The lowest BCUT2D eigenvalue weighted by Gasteiger charge is -2.11. The first kappa shape index (κ1) is 12.3. The number of pyridine rings is 2. The maximum atomic E-state index is 12.2. The van der Waals surface area contributed by atoms with Crippen LogP contribution >= 0.6 is 0 Å². The lowest BCUT2D eigenvalue weighted by molar-refractivity contribution is 0.0934. The highest BCUT2D eigenvalue weighted by Crippen LogP contribution is 2.10. The summed E-state index contributed by atoms with van der Waals surface area (Å²) in [5, 5.41) is 2.90. The lowest BCUT2D eigenvalue weighted by atomic mass is 10.2. The Hall–Kier alpha value is -2.69. The lowest BCUT2D eigenvalue weighted by Crippen LogP contribution is -2.27. The maximum Gasteiger partial charge on any atom is 0.272 e. The van der Waals surface area contributed by atoms with E-state index < -0.39 is 0 Å². The molecule has 0 fully saturated rings. The van der Waals surface area contributed by atoms with E-state index >= 15 is 0 Å². The van der Waals surface area contributed by atoms with E-state index in [1.54, 1.807) is 12.4 Å². The fourth-order valence-corrected chi connectivity index (χ4v) is 2.02. The van der Waals surface area contributed by atoms with Crippen LogP contribution in [0.25, 0.3) is 5.65 Å². The number of rotatable bonds is 3. The van der Waals surface area contributed by atoms with E-state index in [0.29, 0.717) is 5.69 Å². The van der Waals surface area contributed by atoms with Gasteiger partial charge in [-0.25, -0.2) is 4.98 Å². The second kappa shape index (κ2) is 5.13. The zero-order valence-electron chi connectivity index (χ0n) is 11.0. The van der Waals surface area contributed by atoms with Crippen LogP contribution in [0.4, 0.5) is 0 Å². The fourth-order valence-electron chi connectivity index (χ4n) is 2.02. The van der Waals surface area contributed by atoms with Crippen molar-refractivity contribution in [1.82, 2.24) is 19.7 Å². The van der Waals surface area contributed by atoms with Gasteiger partial charge in [-0.05, 0) is 31.2 Å². The van der Waals surface area contributed by atoms with Gasteiger partial charge >= 0.3 is 0 Å². The molecule has 5 nitrogen and oxygen atoms in total. The van der Waals surface area contributed by atoms with E-state index in [0.717, 1.165) is 11.3 Å². The van der Waals surface area contributed by atoms with Gasteiger partial charge in [-0.1, -0.05) is 12.1 Å². The normalized spacial score (nSPS) is 12.2. The summed E-state index contributed by atoms with van der Waals surface area (Å²) < 4.78 is 1.82. The summed E-state index contributed by atoms with van der Waals surface area (Å²) in [5.74, 6) is -0.202. The SMILES string of the molecule is C[C@@H](NC(=O)c1cn2ccccc2n1)c1ccccn1. The summed E-state index contributed by atoms with van der Waals surface area (Å²) in [6, 6.07) is 11.1. The number of nitrogens with one attached hydrogen (secondary N) is 1. The summed E-state index contributed by atoms with van der Waals surface area (Å²) in [5.41, 5.74) is 1.98. The minimum Gasteiger partial charge on any atom is -0.343 e. The third-order valence-corrected chi connectivity index (χ3v) is 3.08. The molecule has 3 rings (SSSR count). The molecule has 3 aromatic heterocycles. The van der Waals surface area contributed by atoms with Crippen molar-refractivity contribution in [2.24, 2.45) is 0 Å². The van der Waals surface area contributed by atoms with Crippen molar-refractivity contribution in [3.8, 4) is 0 Å². The number of nitrogens with zero attached hydrogens (tertiary/aromatic N) is 3. The number of fused-ring (bicyclic) bond motifs is 1. The third-order valence-electron chi connectivity index (χ3n) is 3.08. The van der Waals surface area contributed by atoms with Crippen LogP contribution in [0.15, 0.2) is 55.0 Å². The van der Waals surface area contributed by atoms with E-state index in [9.17, 15) is 4.79 Å². The molecule has 3 aromatic rings. The molecule has 0 saturated heterocycles. The molecule has 0 aromatic carbocycles. The largest absolute Gasteiger partial charge is 0.343 e. The average Bonchev–Trinajstić information content (AvgIpc) is 2.92. The summed E-state index contributed by atoms with van der Waals surface area (Å²) in [6.45, 7) is 1.90. The van der Waals surface area contributed by atoms with E-state index in [4.69, 9.17) is 0 Å². The number of carbonyl (C=O) groups is 1. The van der Waals surface area contributed by atoms with Crippen molar-refractivity contribution in [2.75, 3.05) is 0 Å². The van der Waals surface area contributed by atoms with Crippen molar-refractivity contribution in [2.45, 2.75) is 13.0 Å². The molecule has 0 aliphatic heterocycles. The molecule has 5 heteroatoms. The van der Waals surface area contributed by atoms with Gasteiger partial charge in [0.25, 0.3) is 5.91 Å². The van der Waals surface area contributed by atoms with Crippen LogP contribution in [0.2, 0.25) is 0 Å². The molecule has 0 aliphatic rings. The number of aromatic nitrogens is 3. The minimum absolute atomic E-state index is 0.159. The van der Waals surface area contributed by atoms with Crippen LogP contribution in [0, 0.1) is 0 Å². The van der Waals surface area contributed by atoms with Crippen molar-refractivity contribution >= 4 is 11.6 Å². The predicted molar refractivity (Wildman–Crippen MR) is 75.3 cm³/mol. The second-order valence-electron chi connectivity index (χ2n) is 4.54. The second-order valence-corrected chi connectivity index (χ2v) is 4.54. The molecular weight excluding hydrogens is 252 g/mol. The van der Waals surface area contributed by atoms with Gasteiger partial charge in [-0.2, -0.15) is 0 Å². The molecule has 0 unspecified atom stereocenters. The third kappa shape index (κ3) is 2.38. The van der Waals surface area contributed by atoms with Gasteiger partial charge in [0.1, 0.15) is 11.3 Å². The molecule has 100 valence electrons. The molecule has 1 atom stereocenters. The summed E-state index contributed by atoms with van der Waals surface area (Å²) >= 11 is 0. The van der Waals surface area contributed by atoms with Gasteiger partial charge in [0.15, 0.2) is 0 Å². The molecule has 0 spiro atoms. The molecular formula is C15H14N4O. The molecule has 1 N–H and O–H groups in total. The first-order chi connectivity index (χ1) is 9.74. The smallest absolute Gasteiger partial charge is 0.272 e. The van der Waals surface area contributed by atoms with Gasteiger partial charge in [-0.15, -0.1) is 0 Å².